The van der Waals surface area contributed by atoms with Crippen molar-refractivity contribution in [2.75, 3.05) is 0 Å². The van der Waals surface area contributed by atoms with Gasteiger partial charge in [-0.1, -0.05) is 0 Å². The summed E-state index contributed by atoms with van der Waals surface area (Å²) in [6.07, 6.45) is 5.74. The molecular formula is C5H6NO. The molecule has 0 saturated carbocycles. The number of ether oxygens (including phenoxy) is 1. The van der Waals surface area contributed by atoms with E-state index >= 15 is 0 Å². The number of rotatable bonds is 0. The summed E-state index contributed by atoms with van der Waals surface area (Å²) in [6.45, 7) is 1.69. The Balaban J connectivity index is 2.39. The summed E-state index contributed by atoms with van der Waals surface area (Å²) in [5.41, 5.74) is 0. The van der Waals surface area contributed by atoms with Gasteiger partial charge in [-0.05, 0) is 0 Å². The van der Waals surface area contributed by atoms with E-state index in [2.05, 4.69) is 4.99 Å². The molecule has 0 aromatic carbocycles. The molecule has 0 unspecified atom stereocenters. The van der Waals surface area contributed by atoms with Gasteiger partial charge in [-0.15, -0.1) is 0 Å². The van der Waals surface area contributed by atoms with E-state index in [-0.39, 0.29) is 0 Å². The van der Waals surface area contributed by atoms with Crippen LogP contribution in [0.15, 0.2) is 17.5 Å². The minimum absolute atomic E-state index is 0.799. The molecule has 2 nitrogen and oxygen atoms in total. The Morgan fingerprint density at radius 3 is 3.57 bits per heavy atom. The highest BCUT2D eigenvalue weighted by Crippen LogP contribution is 1.92. The van der Waals surface area contributed by atoms with Crippen molar-refractivity contribution in [1.29, 1.82) is 0 Å². The van der Waals surface area contributed by atoms with Gasteiger partial charge in [0.15, 0.2) is 0 Å². The summed E-state index contributed by atoms with van der Waals surface area (Å²) < 4.78 is 4.76. The topological polar surface area (TPSA) is 21.6 Å². The molecule has 1 rings (SSSR count). The van der Waals surface area contributed by atoms with Crippen molar-refractivity contribution in [1.82, 2.24) is 0 Å². The van der Waals surface area contributed by atoms with Crippen LogP contribution >= 0.6 is 0 Å². The van der Waals surface area contributed by atoms with E-state index in [1.807, 2.05) is 0 Å². The number of nitrogens with zero attached hydrogens (tertiary/aromatic N) is 1. The van der Waals surface area contributed by atoms with E-state index in [1.54, 1.807) is 25.3 Å². The van der Waals surface area contributed by atoms with Crippen LogP contribution in [0.2, 0.25) is 0 Å². The zero-order valence-electron chi connectivity index (χ0n) is 3.87. The molecule has 1 heterocycles. The fraction of sp³-hybridized carbons (Fsp3) is 0.200. The summed E-state index contributed by atoms with van der Waals surface area (Å²) in [4.78, 5) is 3.81. The lowest BCUT2D eigenvalue weighted by Gasteiger charge is -1.87. The van der Waals surface area contributed by atoms with Crippen LogP contribution in [-0.4, -0.2) is 6.21 Å². The normalized spacial score (nSPS) is 18.3. The molecule has 0 aromatic heterocycles. The molecule has 37 valence electrons. The first kappa shape index (κ1) is 4.37. The molecule has 1 aliphatic rings. The smallest absolute Gasteiger partial charge is 0.140 e. The molecule has 0 aromatic rings. The lowest BCUT2D eigenvalue weighted by atomic mass is 10.5. The third-order valence-corrected chi connectivity index (χ3v) is 0.629. The first-order valence-electron chi connectivity index (χ1n) is 2.14. The third-order valence-electron chi connectivity index (χ3n) is 0.629. The van der Waals surface area contributed by atoms with Crippen molar-refractivity contribution in [2.24, 2.45) is 4.99 Å². The van der Waals surface area contributed by atoms with E-state index in [0.29, 0.717) is 0 Å². The molecule has 0 atom stereocenters. The van der Waals surface area contributed by atoms with Crippen molar-refractivity contribution in [3.8, 4) is 0 Å². The molecule has 1 aliphatic heterocycles. The lowest BCUT2D eigenvalue weighted by Crippen LogP contribution is -1.74. The first-order valence-corrected chi connectivity index (χ1v) is 2.14. The van der Waals surface area contributed by atoms with E-state index in [9.17, 15) is 0 Å². The van der Waals surface area contributed by atoms with Gasteiger partial charge in [-0.3, -0.25) is 4.99 Å². The van der Waals surface area contributed by atoms with Crippen molar-refractivity contribution < 1.29 is 4.74 Å². The van der Waals surface area contributed by atoms with Crippen LogP contribution in [0, 0.1) is 6.61 Å². The van der Waals surface area contributed by atoms with Crippen molar-refractivity contribution in [3.05, 3.63) is 19.1 Å². The second kappa shape index (κ2) is 2.39. The number of aliphatic imine (C=N–C) groups is 1. The van der Waals surface area contributed by atoms with Gasteiger partial charge in [-0.2, -0.15) is 0 Å². The summed E-state index contributed by atoms with van der Waals surface area (Å²) in [6, 6.07) is 0. The van der Waals surface area contributed by atoms with Gasteiger partial charge in [-0.25, -0.2) is 0 Å². The zero-order chi connectivity index (χ0) is 4.95. The molecule has 0 saturated heterocycles. The molecule has 0 aliphatic carbocycles. The van der Waals surface area contributed by atoms with E-state index < -0.39 is 0 Å². The summed E-state index contributed by atoms with van der Waals surface area (Å²) >= 11 is 0. The van der Waals surface area contributed by atoms with Gasteiger partial charge < -0.3 is 4.74 Å². The van der Waals surface area contributed by atoms with E-state index in [4.69, 9.17) is 4.74 Å². The third kappa shape index (κ3) is 1.39. The standard InChI is InChI=1S/C5H6NO/c1-2-6-3-5-7-4-1/h2-5H,1H2. The molecule has 0 fully saturated rings. The lowest BCUT2D eigenvalue weighted by molar-refractivity contribution is 0.336. The Hall–Kier alpha value is -0.790. The molecule has 0 amide bonds. The maximum Gasteiger partial charge on any atom is 0.140 e. The van der Waals surface area contributed by atoms with E-state index in [1.165, 1.54) is 0 Å². The molecule has 2 heteroatoms. The van der Waals surface area contributed by atoms with Crippen molar-refractivity contribution in [3.63, 3.8) is 0 Å². The van der Waals surface area contributed by atoms with Crippen LogP contribution in [0.4, 0.5) is 0 Å². The number of hydrogen-bond donors (Lipinski definition) is 0. The molecule has 0 bridgehead atoms. The molecule has 1 radical (unpaired) electrons. The maximum absolute atomic E-state index is 4.76. The maximum atomic E-state index is 4.76. The second-order valence-corrected chi connectivity index (χ2v) is 1.16. The number of hydrogen-bond acceptors (Lipinski definition) is 2. The van der Waals surface area contributed by atoms with Gasteiger partial charge in [0.1, 0.15) is 12.9 Å². The van der Waals surface area contributed by atoms with Crippen LogP contribution in [-0.2, 0) is 4.74 Å². The van der Waals surface area contributed by atoms with Crippen molar-refractivity contribution >= 4 is 6.21 Å². The Labute approximate surface area is 42.5 Å². The quantitative estimate of drug-likeness (QED) is 0.442. The Morgan fingerprint density at radius 2 is 2.57 bits per heavy atom. The van der Waals surface area contributed by atoms with Crippen LogP contribution < -0.4 is 0 Å². The fourth-order valence-electron chi connectivity index (χ4n) is 0.346. The van der Waals surface area contributed by atoms with Gasteiger partial charge in [0.25, 0.3) is 0 Å². The highest BCUT2D eigenvalue weighted by molar-refractivity contribution is 5.59. The SMILES string of the molecule is [CH]1CC=NC=CO1. The monoisotopic (exact) mass is 96.0 g/mol. The Morgan fingerprint density at radius 1 is 1.57 bits per heavy atom. The molecule has 0 spiro atoms. The zero-order valence-corrected chi connectivity index (χ0v) is 3.87. The van der Waals surface area contributed by atoms with E-state index in [0.717, 1.165) is 6.42 Å². The average Bonchev–Trinajstić information content (AvgIpc) is 1.90. The van der Waals surface area contributed by atoms with Gasteiger partial charge >= 0.3 is 0 Å². The fourth-order valence-corrected chi connectivity index (χ4v) is 0.346. The van der Waals surface area contributed by atoms with Crippen LogP contribution in [0.5, 0.6) is 0 Å². The highest BCUT2D eigenvalue weighted by atomic mass is 16.5. The second-order valence-electron chi connectivity index (χ2n) is 1.16. The Bertz CT molecular complexity index is 84.3. The summed E-state index contributed by atoms with van der Waals surface area (Å²) in [5, 5.41) is 0. The van der Waals surface area contributed by atoms with Gasteiger partial charge in [0, 0.05) is 12.6 Å². The predicted molar refractivity (Wildman–Crippen MR) is 27.6 cm³/mol. The van der Waals surface area contributed by atoms with Gasteiger partial charge in [0.2, 0.25) is 0 Å². The first-order chi connectivity index (χ1) is 3.50. The average molecular weight is 96.1 g/mol. The summed E-state index contributed by atoms with van der Waals surface area (Å²) in [5.74, 6) is 0. The minimum Gasteiger partial charge on any atom is -0.492 e. The minimum atomic E-state index is 0.799. The summed E-state index contributed by atoms with van der Waals surface area (Å²) in [7, 11) is 0. The Kier molecular flexibility index (Phi) is 1.50. The van der Waals surface area contributed by atoms with Gasteiger partial charge in [0.05, 0.1) is 6.20 Å². The van der Waals surface area contributed by atoms with Crippen molar-refractivity contribution in [2.45, 2.75) is 6.42 Å². The van der Waals surface area contributed by atoms with Crippen LogP contribution in [0.1, 0.15) is 6.42 Å². The largest absolute Gasteiger partial charge is 0.492 e. The van der Waals surface area contributed by atoms with Crippen LogP contribution in [0.25, 0.3) is 0 Å². The molecule has 7 heavy (non-hydrogen) atoms. The van der Waals surface area contributed by atoms with Crippen LogP contribution in [0.3, 0.4) is 0 Å². The predicted octanol–water partition coefficient (Wildman–Crippen LogP) is 1.11. The molecule has 0 N–H and O–H groups in total. The highest BCUT2D eigenvalue weighted by Gasteiger charge is 1.82. The molecular weight excluding hydrogens is 90.1 g/mol.